The van der Waals surface area contributed by atoms with Gasteiger partial charge in [-0.1, -0.05) is 0 Å². The molecule has 0 unspecified atom stereocenters. The van der Waals surface area contributed by atoms with E-state index in [1.165, 1.54) is 0 Å². The molecule has 0 bridgehead atoms. The van der Waals surface area contributed by atoms with Gasteiger partial charge in [0.1, 0.15) is 0 Å². The van der Waals surface area contributed by atoms with Crippen LogP contribution in [0.4, 0.5) is 0 Å². The van der Waals surface area contributed by atoms with Gasteiger partial charge in [-0.15, -0.1) is 0 Å². The van der Waals surface area contributed by atoms with E-state index in [-0.39, 0.29) is 47.8 Å². The van der Waals surface area contributed by atoms with Crippen molar-refractivity contribution in [3.8, 4) is 0 Å². The summed E-state index contributed by atoms with van der Waals surface area (Å²) >= 11 is 0. The van der Waals surface area contributed by atoms with Crippen molar-refractivity contribution in [1.29, 1.82) is 5.26 Å². The van der Waals surface area contributed by atoms with Crippen molar-refractivity contribution in [1.82, 2.24) is 0 Å². The number of rotatable bonds is 0. The molecule has 1 nitrogen and oxygen atoms in total. The molecule has 0 heterocycles. The molecule has 0 aliphatic carbocycles. The molecule has 0 aromatic heterocycles. The second-order valence-corrected chi connectivity index (χ2v) is 0. The van der Waals surface area contributed by atoms with E-state index in [0.29, 0.717) is 0 Å². The molecule has 4 heavy (non-hydrogen) atoms. The van der Waals surface area contributed by atoms with Gasteiger partial charge in [-0.05, 0) is 0 Å². The second-order valence-electron chi connectivity index (χ2n) is 0. The van der Waals surface area contributed by atoms with Crippen LogP contribution in [0.25, 0.3) is 0 Å². The topological polar surface area (TPSA) is 23.8 Å². The molecule has 1 radical (unpaired) electrons. The molecule has 0 fully saturated rings. The fourth-order valence-electron chi connectivity index (χ4n) is 0. The monoisotopic (exact) mass is 109 g/mol. The molecule has 0 atom stereocenters. The van der Waals surface area contributed by atoms with Crippen LogP contribution in [0.3, 0.4) is 0 Å². The van der Waals surface area contributed by atoms with E-state index in [1.54, 1.807) is 0 Å². The van der Waals surface area contributed by atoms with Gasteiger partial charge in [0, 0.05) is 16.8 Å². The standard InChI is InChI=1S/CN.Co.Na.H/c1-2;;;/q-1;;+1;-1. The van der Waals surface area contributed by atoms with Gasteiger partial charge in [0.05, 0.1) is 0 Å². The van der Waals surface area contributed by atoms with E-state index in [0.717, 1.165) is 0 Å². The van der Waals surface area contributed by atoms with Crippen LogP contribution in [0.2, 0.25) is 0 Å². The van der Waals surface area contributed by atoms with Crippen LogP contribution < -0.4 is 29.6 Å². The molecular weight excluding hydrogens is 108 g/mol. The van der Waals surface area contributed by atoms with Gasteiger partial charge in [0.15, 0.2) is 0 Å². The van der Waals surface area contributed by atoms with Crippen molar-refractivity contribution in [3.63, 3.8) is 0 Å². The van der Waals surface area contributed by atoms with E-state index >= 15 is 0 Å². The van der Waals surface area contributed by atoms with Crippen LogP contribution in [0.15, 0.2) is 0 Å². The first-order valence-corrected chi connectivity index (χ1v) is 0.224. The minimum absolute atomic E-state index is 0. The van der Waals surface area contributed by atoms with Crippen molar-refractivity contribution < 1.29 is 47.8 Å². The minimum atomic E-state index is 0. The predicted octanol–water partition coefficient (Wildman–Crippen LogP) is -2.79. The summed E-state index contributed by atoms with van der Waals surface area (Å²) in [5.74, 6) is 0. The summed E-state index contributed by atoms with van der Waals surface area (Å²) in [6, 6.07) is 0. The first kappa shape index (κ1) is 20.0. The maximum absolute atomic E-state index is 6.25. The zero-order chi connectivity index (χ0) is 2.00. The average Bonchev–Trinajstić information content (AvgIpc) is 1.00. The van der Waals surface area contributed by atoms with Gasteiger partial charge in [-0.3, -0.25) is 0 Å². The predicted molar refractivity (Wildman–Crippen MR) is 6.08 cm³/mol. The van der Waals surface area contributed by atoms with Crippen LogP contribution in [0.5, 0.6) is 0 Å². The Hall–Kier alpha value is 0.996. The van der Waals surface area contributed by atoms with Gasteiger partial charge in [0.25, 0.3) is 0 Å². The summed E-state index contributed by atoms with van der Waals surface area (Å²) in [6.07, 6.45) is 0. The molecule has 0 saturated carbocycles. The smallest absolute Gasteiger partial charge is 1.00 e. The molecule has 0 aromatic carbocycles. The van der Waals surface area contributed by atoms with E-state index in [2.05, 4.69) is 0 Å². The zero-order valence-corrected chi connectivity index (χ0v) is 5.32. The molecule has 21 valence electrons. The molecule has 0 amide bonds. The van der Waals surface area contributed by atoms with E-state index < -0.39 is 0 Å². The Balaban J connectivity index is -0.00000000167. The van der Waals surface area contributed by atoms with Crippen molar-refractivity contribution in [2.75, 3.05) is 0 Å². The number of hydrogen-bond donors (Lipinski definition) is 0. The molecular formula is CHCoNNa-. The minimum Gasteiger partial charge on any atom is -1.00 e. The normalized spacial score (nSPS) is 0.500. The van der Waals surface area contributed by atoms with Crippen LogP contribution in [0.1, 0.15) is 1.43 Å². The maximum Gasteiger partial charge on any atom is 1.00 e. The summed E-state index contributed by atoms with van der Waals surface area (Å²) in [6.45, 7) is 4.75. The first-order valence-electron chi connectivity index (χ1n) is 0.224. The third kappa shape index (κ3) is 12.0. The Labute approximate surface area is 59.4 Å². The summed E-state index contributed by atoms with van der Waals surface area (Å²) in [5, 5.41) is 6.25. The molecule has 0 rings (SSSR count). The van der Waals surface area contributed by atoms with Crippen molar-refractivity contribution in [3.05, 3.63) is 6.57 Å². The molecule has 0 aromatic rings. The summed E-state index contributed by atoms with van der Waals surface area (Å²) in [7, 11) is 0. The van der Waals surface area contributed by atoms with Gasteiger partial charge in [-0.2, -0.15) is 0 Å². The fraction of sp³-hybridized carbons (Fsp3) is 0. The van der Waals surface area contributed by atoms with Crippen molar-refractivity contribution in [2.24, 2.45) is 0 Å². The average molecular weight is 109 g/mol. The Bertz CT molecular complexity index is 16.4. The Morgan fingerprint density at radius 1 is 1.50 bits per heavy atom. The van der Waals surface area contributed by atoms with E-state index in [9.17, 15) is 0 Å². The zero-order valence-electron chi connectivity index (χ0n) is 3.28. The summed E-state index contributed by atoms with van der Waals surface area (Å²) in [4.78, 5) is 0. The van der Waals surface area contributed by atoms with Gasteiger partial charge >= 0.3 is 29.6 Å². The largest absolute Gasteiger partial charge is 1.00 e. The second kappa shape index (κ2) is 36.1. The Morgan fingerprint density at radius 2 is 1.50 bits per heavy atom. The third-order valence-electron chi connectivity index (χ3n) is 0. The van der Waals surface area contributed by atoms with Crippen LogP contribution in [-0.2, 0) is 16.8 Å². The molecule has 0 N–H and O–H groups in total. The van der Waals surface area contributed by atoms with Gasteiger partial charge in [-0.25, -0.2) is 0 Å². The molecule has 3 heteroatoms. The van der Waals surface area contributed by atoms with E-state index in [4.69, 9.17) is 11.8 Å². The third-order valence-corrected chi connectivity index (χ3v) is 0. The molecule has 0 spiro atoms. The summed E-state index contributed by atoms with van der Waals surface area (Å²) < 4.78 is 0. The SMILES string of the molecule is [C-]#N.[Co].[H-].[Na+]. The van der Waals surface area contributed by atoms with Crippen LogP contribution >= 0.6 is 0 Å². The summed E-state index contributed by atoms with van der Waals surface area (Å²) in [5.41, 5.74) is 0. The van der Waals surface area contributed by atoms with E-state index in [1.807, 2.05) is 0 Å². The fourth-order valence-corrected chi connectivity index (χ4v) is 0. The van der Waals surface area contributed by atoms with Crippen molar-refractivity contribution >= 4 is 0 Å². The van der Waals surface area contributed by atoms with Crippen molar-refractivity contribution in [2.45, 2.75) is 0 Å². The number of hydrogen-bond acceptors (Lipinski definition) is 1. The molecule has 0 aliphatic rings. The number of nitrogens with zero attached hydrogens (tertiary/aromatic N) is 1. The van der Waals surface area contributed by atoms with Gasteiger partial charge in [0.2, 0.25) is 0 Å². The Morgan fingerprint density at radius 3 is 1.50 bits per heavy atom. The molecule has 0 saturated heterocycles. The van der Waals surface area contributed by atoms with Crippen LogP contribution in [-0.4, -0.2) is 0 Å². The molecule has 0 aliphatic heterocycles. The quantitative estimate of drug-likeness (QED) is 0.243. The first-order chi connectivity index (χ1) is 1.00. The van der Waals surface area contributed by atoms with Gasteiger partial charge < -0.3 is 13.3 Å². The van der Waals surface area contributed by atoms with Crippen LogP contribution in [0, 0.1) is 11.8 Å². The Kier molecular flexibility index (Phi) is 181. The maximum atomic E-state index is 6.25.